The van der Waals surface area contributed by atoms with Crippen LogP contribution < -0.4 is 16.1 Å². The fraction of sp³-hybridized carbons (Fsp3) is 0.464. The predicted molar refractivity (Wildman–Crippen MR) is 142 cm³/mol. The standard InChI is InChI=1S/C28H35N5O5/c1-16(2)25-26(35)30-17(3)27(36)33-12-6-8-23(32-33)28(37)38-18(4)19-10-11-20-15-29-22(14-21(20)13-19)7-5-9-24(34)31-25/h5,7,10-11,13-18,23,25,32H,6,8-9,12H2,1-4H3,(H,30,35)(H,31,34). The minimum absolute atomic E-state index is 0.0663. The summed E-state index contributed by atoms with van der Waals surface area (Å²) in [5.74, 6) is -1.77. The monoisotopic (exact) mass is 521 g/mol. The summed E-state index contributed by atoms with van der Waals surface area (Å²) in [7, 11) is 0. The summed E-state index contributed by atoms with van der Waals surface area (Å²) in [5, 5.41) is 8.71. The summed E-state index contributed by atoms with van der Waals surface area (Å²) >= 11 is 0. The molecule has 5 bridgehead atoms. The lowest BCUT2D eigenvalue weighted by molar-refractivity contribution is -0.157. The molecule has 10 nitrogen and oxygen atoms in total. The number of aromatic nitrogens is 1. The van der Waals surface area contributed by atoms with E-state index in [9.17, 15) is 19.2 Å². The molecule has 3 amide bonds. The fourth-order valence-electron chi connectivity index (χ4n) is 4.61. The third-order valence-corrected chi connectivity index (χ3v) is 6.85. The van der Waals surface area contributed by atoms with E-state index in [1.165, 1.54) is 5.01 Å². The van der Waals surface area contributed by atoms with Crippen LogP contribution in [0.1, 0.15) is 64.3 Å². The Morgan fingerprint density at radius 3 is 2.61 bits per heavy atom. The highest BCUT2D eigenvalue weighted by Gasteiger charge is 2.33. The van der Waals surface area contributed by atoms with Crippen LogP contribution in [0.5, 0.6) is 0 Å². The molecule has 3 heterocycles. The predicted octanol–water partition coefficient (Wildman–Crippen LogP) is 2.40. The number of ether oxygens (including phenoxy) is 1. The van der Waals surface area contributed by atoms with Crippen molar-refractivity contribution in [2.45, 2.75) is 71.2 Å². The Hall–Kier alpha value is -3.79. The Kier molecular flexibility index (Phi) is 8.41. The highest BCUT2D eigenvalue weighted by Crippen LogP contribution is 2.24. The maximum absolute atomic E-state index is 13.1. The molecule has 2 aromatic rings. The van der Waals surface area contributed by atoms with Gasteiger partial charge in [-0.3, -0.25) is 29.2 Å². The number of hydrazine groups is 1. The van der Waals surface area contributed by atoms with Crippen molar-refractivity contribution in [3.05, 3.63) is 47.8 Å². The highest BCUT2D eigenvalue weighted by molar-refractivity contribution is 5.92. The van der Waals surface area contributed by atoms with Crippen LogP contribution in [0.4, 0.5) is 0 Å². The first-order valence-corrected chi connectivity index (χ1v) is 13.1. The molecule has 4 unspecified atom stereocenters. The summed E-state index contributed by atoms with van der Waals surface area (Å²) in [5.41, 5.74) is 4.48. The topological polar surface area (TPSA) is 130 Å². The van der Waals surface area contributed by atoms with Gasteiger partial charge < -0.3 is 15.4 Å². The van der Waals surface area contributed by atoms with Gasteiger partial charge in [0.1, 0.15) is 24.2 Å². The first-order valence-electron chi connectivity index (χ1n) is 13.1. The lowest BCUT2D eigenvalue weighted by Gasteiger charge is -2.35. The number of nitrogens with zero attached hydrogens (tertiary/aromatic N) is 2. The van der Waals surface area contributed by atoms with Gasteiger partial charge in [0, 0.05) is 24.5 Å². The second kappa shape index (κ2) is 11.7. The van der Waals surface area contributed by atoms with Gasteiger partial charge in [0.25, 0.3) is 5.91 Å². The number of esters is 1. The molecule has 1 saturated heterocycles. The van der Waals surface area contributed by atoms with Gasteiger partial charge in [-0.05, 0) is 61.8 Å². The van der Waals surface area contributed by atoms with Gasteiger partial charge in [-0.2, -0.15) is 0 Å². The second-order valence-electron chi connectivity index (χ2n) is 10.2. The van der Waals surface area contributed by atoms with Crippen molar-refractivity contribution in [3.8, 4) is 0 Å². The van der Waals surface area contributed by atoms with Gasteiger partial charge in [0.05, 0.1) is 5.69 Å². The van der Waals surface area contributed by atoms with Crippen LogP contribution in [0, 0.1) is 5.92 Å². The second-order valence-corrected chi connectivity index (χ2v) is 10.2. The number of pyridine rings is 1. The molecule has 1 aromatic carbocycles. The molecular formula is C28H35N5O5. The van der Waals surface area contributed by atoms with Crippen molar-refractivity contribution in [2.75, 3.05) is 6.54 Å². The molecule has 3 N–H and O–H groups in total. The van der Waals surface area contributed by atoms with Crippen molar-refractivity contribution in [1.82, 2.24) is 26.1 Å². The van der Waals surface area contributed by atoms with Crippen LogP contribution in [-0.4, -0.2) is 58.4 Å². The molecule has 4 rings (SSSR count). The SMILES string of the molecule is CC1NC(=O)C(C(C)C)NC(=O)CC=Cc2cc3cc(ccc3cn2)C(C)OC(=O)C2CCCN(N2)C1=O. The number of carbonyl (C=O) groups is 4. The van der Waals surface area contributed by atoms with E-state index in [2.05, 4.69) is 21.0 Å². The third kappa shape index (κ3) is 6.36. The Labute approximate surface area is 222 Å². The van der Waals surface area contributed by atoms with Crippen molar-refractivity contribution in [1.29, 1.82) is 0 Å². The van der Waals surface area contributed by atoms with E-state index in [-0.39, 0.29) is 24.2 Å². The lowest BCUT2D eigenvalue weighted by atomic mass is 10.0. The molecular weight excluding hydrogens is 486 g/mol. The number of fused-ring (bicyclic) bond motifs is 4. The van der Waals surface area contributed by atoms with Gasteiger partial charge in [0.15, 0.2) is 0 Å². The number of rotatable bonds is 1. The van der Waals surface area contributed by atoms with Crippen molar-refractivity contribution in [3.63, 3.8) is 0 Å². The molecule has 0 saturated carbocycles. The Balaban J connectivity index is 1.64. The van der Waals surface area contributed by atoms with E-state index in [1.807, 2.05) is 45.0 Å². The van der Waals surface area contributed by atoms with E-state index >= 15 is 0 Å². The van der Waals surface area contributed by atoms with Crippen LogP contribution in [0.2, 0.25) is 0 Å². The molecule has 0 spiro atoms. The molecule has 0 aliphatic carbocycles. The number of cyclic esters (lactones) is 1. The van der Waals surface area contributed by atoms with E-state index in [1.54, 1.807) is 25.3 Å². The summed E-state index contributed by atoms with van der Waals surface area (Å²) in [6.07, 6.45) is 5.90. The summed E-state index contributed by atoms with van der Waals surface area (Å²) < 4.78 is 5.77. The largest absolute Gasteiger partial charge is 0.457 e. The van der Waals surface area contributed by atoms with Crippen molar-refractivity contribution < 1.29 is 23.9 Å². The third-order valence-electron chi connectivity index (χ3n) is 6.85. The molecule has 0 radical (unpaired) electrons. The molecule has 1 aromatic heterocycles. The smallest absolute Gasteiger partial charge is 0.325 e. The molecule has 38 heavy (non-hydrogen) atoms. The van der Waals surface area contributed by atoms with Crippen LogP contribution in [-0.2, 0) is 23.9 Å². The Bertz CT molecular complexity index is 1260. The maximum atomic E-state index is 13.1. The number of carbonyl (C=O) groups excluding carboxylic acids is 4. The van der Waals surface area contributed by atoms with E-state index in [0.29, 0.717) is 25.1 Å². The van der Waals surface area contributed by atoms with Gasteiger partial charge >= 0.3 is 5.97 Å². The zero-order chi connectivity index (χ0) is 27.4. The fourth-order valence-corrected chi connectivity index (χ4v) is 4.61. The van der Waals surface area contributed by atoms with Gasteiger partial charge in [-0.25, -0.2) is 5.43 Å². The molecule has 202 valence electrons. The summed E-state index contributed by atoms with van der Waals surface area (Å²) in [6, 6.07) is 5.33. The summed E-state index contributed by atoms with van der Waals surface area (Å²) in [6.45, 7) is 7.44. The number of hydrogen-bond donors (Lipinski definition) is 3. The van der Waals surface area contributed by atoms with Gasteiger partial charge in [-0.1, -0.05) is 32.1 Å². The molecule has 2 aliphatic rings. The normalized spacial score (nSPS) is 25.8. The molecule has 2 aliphatic heterocycles. The van der Waals surface area contributed by atoms with E-state index in [4.69, 9.17) is 4.74 Å². The lowest BCUT2D eigenvalue weighted by Crippen LogP contribution is -2.61. The zero-order valence-corrected chi connectivity index (χ0v) is 22.2. The first kappa shape index (κ1) is 27.3. The first-order chi connectivity index (χ1) is 18.1. The summed E-state index contributed by atoms with van der Waals surface area (Å²) in [4.78, 5) is 56.1. The minimum atomic E-state index is -0.861. The Morgan fingerprint density at radius 2 is 1.84 bits per heavy atom. The number of benzene rings is 1. The van der Waals surface area contributed by atoms with Gasteiger partial charge in [0.2, 0.25) is 11.8 Å². The molecule has 1 fully saturated rings. The van der Waals surface area contributed by atoms with E-state index in [0.717, 1.165) is 16.3 Å². The van der Waals surface area contributed by atoms with E-state index < -0.39 is 36.1 Å². The minimum Gasteiger partial charge on any atom is -0.457 e. The van der Waals surface area contributed by atoms with Crippen LogP contribution in [0.25, 0.3) is 16.8 Å². The number of hydrogen-bond acceptors (Lipinski definition) is 7. The Morgan fingerprint density at radius 1 is 1.05 bits per heavy atom. The van der Waals surface area contributed by atoms with Crippen molar-refractivity contribution >= 4 is 40.5 Å². The highest BCUT2D eigenvalue weighted by atomic mass is 16.5. The maximum Gasteiger partial charge on any atom is 0.325 e. The van der Waals surface area contributed by atoms with Crippen LogP contribution >= 0.6 is 0 Å². The van der Waals surface area contributed by atoms with Crippen molar-refractivity contribution in [2.24, 2.45) is 5.92 Å². The van der Waals surface area contributed by atoms with Gasteiger partial charge in [-0.15, -0.1) is 0 Å². The molecule has 4 atom stereocenters. The average molecular weight is 522 g/mol. The zero-order valence-electron chi connectivity index (χ0n) is 22.2. The van der Waals surface area contributed by atoms with Crippen LogP contribution in [0.3, 0.4) is 0 Å². The van der Waals surface area contributed by atoms with Crippen LogP contribution in [0.15, 0.2) is 36.5 Å². The number of nitrogens with one attached hydrogen (secondary N) is 3. The average Bonchev–Trinajstić information content (AvgIpc) is 2.90. The number of amides is 3. The molecule has 10 heteroatoms. The quantitative estimate of drug-likeness (QED) is 0.492.